The summed E-state index contributed by atoms with van der Waals surface area (Å²) in [6.07, 6.45) is 1.70. The number of nitrogens with two attached hydrogens (primary N) is 2. The van der Waals surface area contributed by atoms with Gasteiger partial charge in [-0.2, -0.15) is 0 Å². The molecule has 0 fully saturated rings. The number of ether oxygens (including phenoxy) is 1. The summed E-state index contributed by atoms with van der Waals surface area (Å²) in [5, 5.41) is 3.14. The summed E-state index contributed by atoms with van der Waals surface area (Å²) in [6.45, 7) is 0. The Morgan fingerprint density at radius 2 is 1.78 bits per heavy atom. The highest BCUT2D eigenvalue weighted by Gasteiger charge is 2.06. The van der Waals surface area contributed by atoms with Crippen LogP contribution in [-0.2, 0) is 0 Å². The maximum atomic E-state index is 5.95. The Bertz CT molecular complexity index is 817. The molecule has 6 heteroatoms. The molecule has 0 bridgehead atoms. The molecule has 6 nitrogen and oxygen atoms in total. The van der Waals surface area contributed by atoms with Crippen LogP contribution in [-0.4, -0.2) is 17.1 Å². The fourth-order valence-electron chi connectivity index (χ4n) is 2.17. The monoisotopic (exact) mass is 307 g/mol. The van der Waals surface area contributed by atoms with Gasteiger partial charge < -0.3 is 21.5 Å². The first-order chi connectivity index (χ1) is 11.2. The molecule has 0 aliphatic heterocycles. The Hall–Kier alpha value is -3.28. The molecule has 0 saturated heterocycles. The van der Waals surface area contributed by atoms with Gasteiger partial charge >= 0.3 is 0 Å². The zero-order chi connectivity index (χ0) is 16.2. The third-order valence-electron chi connectivity index (χ3n) is 3.35. The first-order valence-corrected chi connectivity index (χ1v) is 7.05. The van der Waals surface area contributed by atoms with Crippen LogP contribution in [0.2, 0.25) is 0 Å². The Morgan fingerprint density at radius 3 is 2.48 bits per heavy atom. The highest BCUT2D eigenvalue weighted by molar-refractivity contribution is 5.69. The van der Waals surface area contributed by atoms with Gasteiger partial charge in [0.2, 0.25) is 5.95 Å². The van der Waals surface area contributed by atoms with Gasteiger partial charge in [0.25, 0.3) is 0 Å². The normalized spacial score (nSPS) is 10.3. The van der Waals surface area contributed by atoms with Crippen molar-refractivity contribution < 1.29 is 4.74 Å². The number of anilines is 4. The van der Waals surface area contributed by atoms with Crippen molar-refractivity contribution in [2.75, 3.05) is 23.9 Å². The zero-order valence-corrected chi connectivity index (χ0v) is 12.7. The van der Waals surface area contributed by atoms with E-state index < -0.39 is 0 Å². The van der Waals surface area contributed by atoms with Crippen molar-refractivity contribution in [2.24, 2.45) is 0 Å². The number of hydrogen-bond donors (Lipinski definition) is 3. The summed E-state index contributed by atoms with van der Waals surface area (Å²) in [6, 6.07) is 14.8. The van der Waals surface area contributed by atoms with E-state index in [1.54, 1.807) is 13.3 Å². The highest BCUT2D eigenvalue weighted by atomic mass is 16.5. The van der Waals surface area contributed by atoms with E-state index in [1.165, 1.54) is 0 Å². The second-order valence-electron chi connectivity index (χ2n) is 4.97. The van der Waals surface area contributed by atoms with Gasteiger partial charge in [0.1, 0.15) is 5.75 Å². The largest absolute Gasteiger partial charge is 0.495 e. The summed E-state index contributed by atoms with van der Waals surface area (Å²) in [4.78, 5) is 8.74. The van der Waals surface area contributed by atoms with E-state index in [4.69, 9.17) is 16.2 Å². The topological polar surface area (TPSA) is 99.1 Å². The molecule has 0 atom stereocenters. The average molecular weight is 307 g/mol. The van der Waals surface area contributed by atoms with Crippen molar-refractivity contribution in [3.05, 3.63) is 54.7 Å². The summed E-state index contributed by atoms with van der Waals surface area (Å²) < 4.78 is 5.17. The summed E-state index contributed by atoms with van der Waals surface area (Å²) in [5.74, 6) is 1.14. The molecule has 0 aliphatic carbocycles. The maximum Gasteiger partial charge on any atom is 0.227 e. The predicted octanol–water partition coefficient (Wildman–Crippen LogP) is 3.06. The molecule has 116 valence electrons. The minimum absolute atomic E-state index is 0.502. The third kappa shape index (κ3) is 3.32. The van der Waals surface area contributed by atoms with E-state index in [-0.39, 0.29) is 0 Å². The minimum Gasteiger partial charge on any atom is -0.495 e. The van der Waals surface area contributed by atoms with Gasteiger partial charge in [-0.3, -0.25) is 0 Å². The minimum atomic E-state index is 0.502. The number of hydrogen-bond acceptors (Lipinski definition) is 6. The molecule has 1 aromatic heterocycles. The summed E-state index contributed by atoms with van der Waals surface area (Å²) in [7, 11) is 1.59. The van der Waals surface area contributed by atoms with Crippen LogP contribution in [0.5, 0.6) is 5.75 Å². The second kappa shape index (κ2) is 6.23. The number of aromatic nitrogens is 2. The van der Waals surface area contributed by atoms with E-state index in [2.05, 4.69) is 15.3 Å². The molecule has 0 aliphatic rings. The number of nitrogens with one attached hydrogen (secondary N) is 1. The molecule has 3 rings (SSSR count). The van der Waals surface area contributed by atoms with Crippen LogP contribution in [0, 0.1) is 0 Å². The van der Waals surface area contributed by atoms with Crippen molar-refractivity contribution >= 4 is 23.0 Å². The van der Waals surface area contributed by atoms with E-state index in [1.807, 2.05) is 48.5 Å². The van der Waals surface area contributed by atoms with Gasteiger partial charge in [-0.1, -0.05) is 0 Å². The van der Waals surface area contributed by atoms with Crippen LogP contribution in [0.25, 0.3) is 11.3 Å². The number of methoxy groups -OCH3 is 1. The average Bonchev–Trinajstić information content (AvgIpc) is 2.57. The first kappa shape index (κ1) is 14.6. The number of nitrogen functional groups attached to an aromatic ring is 2. The van der Waals surface area contributed by atoms with Crippen LogP contribution in [0.4, 0.5) is 23.0 Å². The Balaban J connectivity index is 1.87. The van der Waals surface area contributed by atoms with Crippen LogP contribution >= 0.6 is 0 Å². The smallest absolute Gasteiger partial charge is 0.227 e. The van der Waals surface area contributed by atoms with Crippen molar-refractivity contribution in [3.8, 4) is 17.0 Å². The number of nitrogens with zero attached hydrogens (tertiary/aromatic N) is 2. The van der Waals surface area contributed by atoms with E-state index in [0.29, 0.717) is 23.1 Å². The van der Waals surface area contributed by atoms with E-state index >= 15 is 0 Å². The highest BCUT2D eigenvalue weighted by Crippen LogP contribution is 2.27. The first-order valence-electron chi connectivity index (χ1n) is 7.05. The summed E-state index contributed by atoms with van der Waals surface area (Å²) >= 11 is 0. The fourth-order valence-corrected chi connectivity index (χ4v) is 2.17. The third-order valence-corrected chi connectivity index (χ3v) is 3.35. The van der Waals surface area contributed by atoms with Crippen molar-refractivity contribution in [2.45, 2.75) is 0 Å². The lowest BCUT2D eigenvalue weighted by atomic mass is 10.1. The second-order valence-corrected chi connectivity index (χ2v) is 4.97. The quantitative estimate of drug-likeness (QED) is 0.641. The van der Waals surface area contributed by atoms with Gasteiger partial charge in [-0.05, 0) is 48.5 Å². The Morgan fingerprint density at radius 1 is 1.00 bits per heavy atom. The molecule has 0 spiro atoms. The van der Waals surface area contributed by atoms with Gasteiger partial charge in [0, 0.05) is 23.1 Å². The maximum absolute atomic E-state index is 5.95. The van der Waals surface area contributed by atoms with Crippen LogP contribution in [0.3, 0.4) is 0 Å². The summed E-state index contributed by atoms with van der Waals surface area (Å²) in [5.41, 5.74) is 15.4. The van der Waals surface area contributed by atoms with Crippen molar-refractivity contribution in [1.82, 2.24) is 9.97 Å². The van der Waals surface area contributed by atoms with E-state index in [0.717, 1.165) is 16.9 Å². The van der Waals surface area contributed by atoms with Crippen LogP contribution < -0.4 is 21.5 Å². The SMILES string of the molecule is COc1ccc(-c2ccnc(Nc3ccc(N)cc3)n2)cc1N. The van der Waals surface area contributed by atoms with Gasteiger partial charge in [-0.25, -0.2) is 9.97 Å². The van der Waals surface area contributed by atoms with Gasteiger partial charge in [0.05, 0.1) is 18.5 Å². The predicted molar refractivity (Wildman–Crippen MR) is 92.6 cm³/mol. The molecule has 2 aromatic carbocycles. The molecule has 23 heavy (non-hydrogen) atoms. The number of benzene rings is 2. The van der Waals surface area contributed by atoms with Crippen LogP contribution in [0.1, 0.15) is 0 Å². The van der Waals surface area contributed by atoms with Crippen molar-refractivity contribution in [1.29, 1.82) is 0 Å². The molecular weight excluding hydrogens is 290 g/mol. The lowest BCUT2D eigenvalue weighted by Crippen LogP contribution is -1.98. The molecule has 5 N–H and O–H groups in total. The molecular formula is C17H17N5O. The molecule has 1 heterocycles. The Labute approximate surface area is 134 Å². The lowest BCUT2D eigenvalue weighted by molar-refractivity contribution is 0.417. The molecule has 0 saturated carbocycles. The van der Waals surface area contributed by atoms with Gasteiger partial charge in [-0.15, -0.1) is 0 Å². The molecule has 0 radical (unpaired) electrons. The zero-order valence-electron chi connectivity index (χ0n) is 12.7. The molecule has 0 unspecified atom stereocenters. The van der Waals surface area contributed by atoms with Gasteiger partial charge in [0.15, 0.2) is 0 Å². The standard InChI is InChI=1S/C17H17N5O/c1-23-16-7-2-11(10-14(16)19)15-8-9-20-17(22-15)21-13-5-3-12(18)4-6-13/h2-10H,18-19H2,1H3,(H,20,21,22). The van der Waals surface area contributed by atoms with Crippen molar-refractivity contribution in [3.63, 3.8) is 0 Å². The van der Waals surface area contributed by atoms with Crippen LogP contribution in [0.15, 0.2) is 54.7 Å². The number of rotatable bonds is 4. The molecule has 3 aromatic rings. The lowest BCUT2D eigenvalue weighted by Gasteiger charge is -2.09. The fraction of sp³-hybridized carbons (Fsp3) is 0.0588. The molecule has 0 amide bonds. The van der Waals surface area contributed by atoms with E-state index in [9.17, 15) is 0 Å². The Kier molecular flexibility index (Phi) is 3.97.